The lowest BCUT2D eigenvalue weighted by atomic mass is 9.77. The summed E-state index contributed by atoms with van der Waals surface area (Å²) < 4.78 is 58.8. The van der Waals surface area contributed by atoms with Gasteiger partial charge in [-0.05, 0) is 35.4 Å². The number of aliphatic hydroxyl groups excluding tert-OH is 2. The highest BCUT2D eigenvalue weighted by Crippen LogP contribution is 2.58. The van der Waals surface area contributed by atoms with Gasteiger partial charge in [0.25, 0.3) is 0 Å². The Morgan fingerprint density at radius 2 is 1.06 bits per heavy atom. The molecule has 0 fully saturated rings. The smallest absolute Gasteiger partial charge is 0.161 e. The first-order chi connectivity index (χ1) is 24.2. The van der Waals surface area contributed by atoms with Gasteiger partial charge >= 0.3 is 0 Å². The number of hydrogen-bond acceptors (Lipinski definition) is 12. The molecule has 4 aromatic rings. The van der Waals surface area contributed by atoms with Gasteiger partial charge in [-0.3, -0.25) is 0 Å². The summed E-state index contributed by atoms with van der Waals surface area (Å²) in [6.45, 7) is 0. The Hall–Kier alpha value is -5.20. The lowest BCUT2D eigenvalue weighted by Gasteiger charge is -2.41. The van der Waals surface area contributed by atoms with Crippen LogP contribution >= 0.6 is 0 Å². The highest BCUT2D eigenvalue weighted by Gasteiger charge is 2.46. The molecule has 0 unspecified atom stereocenters. The molecule has 0 aromatic heterocycles. The summed E-state index contributed by atoms with van der Waals surface area (Å²) in [4.78, 5) is 0. The fraction of sp³-hybridized carbons (Fsp3) is 0.368. The van der Waals surface area contributed by atoms with Crippen LogP contribution in [0.15, 0.2) is 54.6 Å². The van der Waals surface area contributed by atoms with Crippen LogP contribution < -0.4 is 47.4 Å². The Morgan fingerprint density at radius 1 is 0.520 bits per heavy atom. The van der Waals surface area contributed by atoms with E-state index in [9.17, 15) is 10.2 Å². The summed E-state index contributed by atoms with van der Waals surface area (Å²) in [6.07, 6.45) is -3.72. The average Bonchev–Trinajstić information content (AvgIpc) is 3.15. The van der Waals surface area contributed by atoms with Crippen LogP contribution in [0.3, 0.4) is 0 Å². The van der Waals surface area contributed by atoms with E-state index in [0.717, 1.165) is 0 Å². The Morgan fingerprint density at radius 3 is 1.60 bits per heavy atom. The second-order valence-corrected chi connectivity index (χ2v) is 11.8. The van der Waals surface area contributed by atoms with Gasteiger partial charge in [0.05, 0.1) is 68.9 Å². The largest absolute Gasteiger partial charge is 0.496 e. The quantitative estimate of drug-likeness (QED) is 0.208. The number of aliphatic hydroxyl groups is 2. The third kappa shape index (κ3) is 5.88. The zero-order chi connectivity index (χ0) is 35.7. The Labute approximate surface area is 290 Å². The van der Waals surface area contributed by atoms with Gasteiger partial charge in [-0.2, -0.15) is 0 Å². The maximum Gasteiger partial charge on any atom is 0.161 e. The van der Waals surface area contributed by atoms with Crippen LogP contribution in [0.5, 0.6) is 57.5 Å². The van der Waals surface area contributed by atoms with Crippen LogP contribution in [0, 0.1) is 0 Å². The van der Waals surface area contributed by atoms with Crippen molar-refractivity contribution < 1.29 is 57.6 Å². The Bertz CT molecular complexity index is 1860. The van der Waals surface area contributed by atoms with Crippen molar-refractivity contribution >= 4 is 0 Å². The lowest BCUT2D eigenvalue weighted by molar-refractivity contribution is 0.00114. The maximum atomic E-state index is 12.5. The predicted octanol–water partition coefficient (Wildman–Crippen LogP) is 5.42. The first kappa shape index (κ1) is 34.7. The number of ether oxygens (including phenoxy) is 10. The highest BCUT2D eigenvalue weighted by atomic mass is 16.5. The fourth-order valence-electron chi connectivity index (χ4n) is 6.92. The summed E-state index contributed by atoms with van der Waals surface area (Å²) >= 11 is 0. The molecular formula is C38H42O12. The van der Waals surface area contributed by atoms with Crippen LogP contribution in [-0.2, 0) is 6.42 Å². The van der Waals surface area contributed by atoms with E-state index in [0.29, 0.717) is 85.3 Å². The zero-order valence-electron chi connectivity index (χ0n) is 29.3. The minimum absolute atomic E-state index is 0.180. The molecular weight excluding hydrogens is 648 g/mol. The average molecular weight is 691 g/mol. The molecule has 0 amide bonds. The van der Waals surface area contributed by atoms with Gasteiger partial charge in [0.1, 0.15) is 46.7 Å². The zero-order valence-corrected chi connectivity index (χ0v) is 29.3. The molecule has 2 aliphatic heterocycles. The number of fused-ring (bicyclic) bond motifs is 2. The van der Waals surface area contributed by atoms with E-state index in [2.05, 4.69) is 0 Å². The van der Waals surface area contributed by atoms with Crippen molar-refractivity contribution in [3.63, 3.8) is 0 Å². The third-order valence-electron chi connectivity index (χ3n) is 9.32. The first-order valence-electron chi connectivity index (χ1n) is 15.9. The van der Waals surface area contributed by atoms with Crippen LogP contribution in [0.25, 0.3) is 0 Å². The van der Waals surface area contributed by atoms with E-state index in [1.165, 1.54) is 7.11 Å². The van der Waals surface area contributed by atoms with Gasteiger partial charge in [-0.25, -0.2) is 0 Å². The van der Waals surface area contributed by atoms with Crippen molar-refractivity contribution in [3.05, 3.63) is 82.4 Å². The molecule has 0 aliphatic carbocycles. The Balaban J connectivity index is 1.59. The van der Waals surface area contributed by atoms with E-state index in [-0.39, 0.29) is 6.42 Å². The summed E-state index contributed by atoms with van der Waals surface area (Å²) in [5, 5.41) is 24.1. The van der Waals surface area contributed by atoms with Crippen molar-refractivity contribution in [2.24, 2.45) is 0 Å². The number of methoxy groups -OCH3 is 8. The van der Waals surface area contributed by atoms with Crippen LogP contribution in [0.2, 0.25) is 0 Å². The van der Waals surface area contributed by atoms with Gasteiger partial charge in [0, 0.05) is 41.3 Å². The van der Waals surface area contributed by atoms with Crippen molar-refractivity contribution in [1.82, 2.24) is 0 Å². The van der Waals surface area contributed by atoms with Crippen LogP contribution in [0.4, 0.5) is 0 Å². The number of hydrogen-bond donors (Lipinski definition) is 2. The molecule has 0 bridgehead atoms. The van der Waals surface area contributed by atoms with Crippen molar-refractivity contribution in [1.29, 1.82) is 0 Å². The van der Waals surface area contributed by atoms with Crippen LogP contribution in [-0.4, -0.2) is 79.3 Å². The summed E-state index contributed by atoms with van der Waals surface area (Å²) in [6, 6.07) is 15.9. The van der Waals surface area contributed by atoms with Gasteiger partial charge in [-0.1, -0.05) is 12.1 Å². The van der Waals surface area contributed by atoms with Gasteiger partial charge in [0.15, 0.2) is 29.1 Å². The topological polar surface area (TPSA) is 133 Å². The molecule has 0 saturated carbocycles. The van der Waals surface area contributed by atoms with E-state index in [1.807, 2.05) is 12.1 Å². The normalized spacial score (nSPS) is 20.6. The Kier molecular flexibility index (Phi) is 9.94. The minimum atomic E-state index is -1.22. The molecule has 0 saturated heterocycles. The van der Waals surface area contributed by atoms with Crippen molar-refractivity contribution in [2.75, 3.05) is 56.9 Å². The first-order valence-corrected chi connectivity index (χ1v) is 15.9. The highest BCUT2D eigenvalue weighted by molar-refractivity contribution is 5.66. The van der Waals surface area contributed by atoms with E-state index < -0.39 is 30.3 Å². The minimum Gasteiger partial charge on any atom is -0.496 e. The monoisotopic (exact) mass is 690 g/mol. The molecule has 2 aliphatic rings. The predicted molar refractivity (Wildman–Crippen MR) is 182 cm³/mol. The van der Waals surface area contributed by atoms with E-state index >= 15 is 0 Å². The maximum absolute atomic E-state index is 12.5. The molecule has 0 radical (unpaired) electrons. The number of benzene rings is 4. The second kappa shape index (κ2) is 14.3. The molecule has 266 valence electrons. The summed E-state index contributed by atoms with van der Waals surface area (Å²) in [5.41, 5.74) is 2.98. The second-order valence-electron chi connectivity index (χ2n) is 11.8. The standard InChI is InChI=1S/C38H42O12/c1-41-21-15-29(47-7)32-31(16-21)49-37(20-10-12-25(43-3)28(14-20)46-6)35(40)34(32)33-30(48-8)18-26(44-4)22-17-23(39)36(50-38(22)33)19-9-11-24(42-2)27(13-19)45-5/h9-16,18,23,34-37,39-40H,17H2,1-8H3/t23-,34-,35-,36+,37-/m0/s1. The molecule has 2 heterocycles. The summed E-state index contributed by atoms with van der Waals surface area (Å²) in [5.74, 6) is 3.79. The SMILES string of the molecule is COc1cc(OC)c2c(c1)O[C@@H](c1ccc(OC)c(OC)c1)[C@@H](O)[C@@H]2c1c(OC)cc(OC)c2c1O[C@H](c1ccc(OC)c(OC)c1)[C@@H](O)C2. The molecule has 12 nitrogen and oxygen atoms in total. The van der Waals surface area contributed by atoms with Crippen molar-refractivity contribution in [2.45, 2.75) is 36.8 Å². The molecule has 0 spiro atoms. The van der Waals surface area contributed by atoms with Gasteiger partial charge in [-0.15, -0.1) is 0 Å². The lowest BCUT2D eigenvalue weighted by Crippen LogP contribution is -2.37. The van der Waals surface area contributed by atoms with Crippen LogP contribution in [0.1, 0.15) is 45.9 Å². The van der Waals surface area contributed by atoms with E-state index in [1.54, 1.807) is 92.2 Å². The fourth-order valence-corrected chi connectivity index (χ4v) is 6.92. The molecule has 6 rings (SSSR count). The molecule has 12 heteroatoms. The van der Waals surface area contributed by atoms with Gasteiger partial charge in [0.2, 0.25) is 0 Å². The number of rotatable bonds is 11. The molecule has 5 atom stereocenters. The van der Waals surface area contributed by atoms with E-state index in [4.69, 9.17) is 47.4 Å². The molecule has 2 N–H and O–H groups in total. The molecule has 4 aromatic carbocycles. The van der Waals surface area contributed by atoms with Gasteiger partial charge < -0.3 is 57.6 Å². The molecule has 50 heavy (non-hydrogen) atoms. The van der Waals surface area contributed by atoms with Crippen molar-refractivity contribution in [3.8, 4) is 57.5 Å². The third-order valence-corrected chi connectivity index (χ3v) is 9.32. The summed E-state index contributed by atoms with van der Waals surface area (Å²) in [7, 11) is 12.4.